The van der Waals surface area contributed by atoms with Crippen molar-refractivity contribution in [1.82, 2.24) is 5.01 Å². The maximum atomic E-state index is 13.8. The number of hydrogen-bond donors (Lipinski definition) is 1. The third kappa shape index (κ3) is 5.96. The smallest absolute Gasteiger partial charge is 0.281 e. The van der Waals surface area contributed by atoms with Crippen LogP contribution in [0.2, 0.25) is 0 Å². The van der Waals surface area contributed by atoms with E-state index >= 15 is 0 Å². The van der Waals surface area contributed by atoms with Crippen molar-refractivity contribution in [3.05, 3.63) is 101 Å². The number of nitrogens with one attached hydrogen (secondary N) is 1. The van der Waals surface area contributed by atoms with Crippen LogP contribution < -0.4 is 5.32 Å². The van der Waals surface area contributed by atoms with Crippen LogP contribution >= 0.6 is 0 Å². The Morgan fingerprint density at radius 2 is 1.73 bits per heavy atom. The van der Waals surface area contributed by atoms with Crippen molar-refractivity contribution >= 4 is 23.4 Å². The second-order valence-electron chi connectivity index (χ2n) is 11.5. The fourth-order valence-corrected chi connectivity index (χ4v) is 6.06. The number of benzene rings is 3. The van der Waals surface area contributed by atoms with E-state index in [0.717, 1.165) is 47.6 Å². The van der Waals surface area contributed by atoms with Crippen molar-refractivity contribution < 1.29 is 14.3 Å². The van der Waals surface area contributed by atoms with Gasteiger partial charge in [-0.1, -0.05) is 67.4 Å². The Balaban J connectivity index is 1.19. The van der Waals surface area contributed by atoms with Gasteiger partial charge in [0, 0.05) is 11.3 Å². The zero-order valence-corrected chi connectivity index (χ0v) is 23.1. The fourth-order valence-electron chi connectivity index (χ4n) is 6.06. The van der Waals surface area contributed by atoms with E-state index in [1.165, 1.54) is 41.8 Å². The number of nitrogens with zero attached hydrogens (tertiary/aromatic N) is 2. The van der Waals surface area contributed by atoms with Gasteiger partial charge in [-0.2, -0.15) is 0 Å². The van der Waals surface area contributed by atoms with E-state index in [1.54, 1.807) is 0 Å². The molecule has 6 heteroatoms. The van der Waals surface area contributed by atoms with Crippen molar-refractivity contribution in [1.29, 1.82) is 0 Å². The van der Waals surface area contributed by atoms with Crippen LogP contribution in [0.1, 0.15) is 72.3 Å². The molecule has 1 heterocycles. The molecule has 3 aromatic rings. The van der Waals surface area contributed by atoms with E-state index in [1.807, 2.05) is 48.5 Å². The first-order valence-corrected chi connectivity index (χ1v) is 14.6. The zero-order chi connectivity index (χ0) is 27.5. The Hall–Kier alpha value is -3.93. The summed E-state index contributed by atoms with van der Waals surface area (Å²) in [6.45, 7) is 2.45. The van der Waals surface area contributed by atoms with E-state index in [4.69, 9.17) is 4.74 Å². The largest absolute Gasteiger partial charge is 0.466 e. The molecule has 0 unspecified atom stereocenters. The highest BCUT2D eigenvalue weighted by Gasteiger charge is 2.33. The lowest BCUT2D eigenvalue weighted by Gasteiger charge is -2.25. The first kappa shape index (κ1) is 26.3. The first-order valence-electron chi connectivity index (χ1n) is 14.6. The predicted molar refractivity (Wildman–Crippen MR) is 157 cm³/mol. The van der Waals surface area contributed by atoms with Gasteiger partial charge in [0.2, 0.25) is 11.8 Å². The minimum absolute atomic E-state index is 0.0307. The van der Waals surface area contributed by atoms with Gasteiger partial charge in [-0.25, -0.2) is 5.01 Å². The van der Waals surface area contributed by atoms with Crippen LogP contribution in [0.15, 0.2) is 77.9 Å². The van der Waals surface area contributed by atoms with Gasteiger partial charge in [0.1, 0.15) is 0 Å². The molecular weight excluding hydrogens is 498 g/mol. The summed E-state index contributed by atoms with van der Waals surface area (Å²) >= 11 is 0. The van der Waals surface area contributed by atoms with Gasteiger partial charge in [-0.3, -0.25) is 9.59 Å². The molecule has 0 saturated heterocycles. The van der Waals surface area contributed by atoms with Crippen LogP contribution in [0.5, 0.6) is 0 Å². The normalized spacial score (nSPS) is 18.3. The third-order valence-electron chi connectivity index (χ3n) is 8.59. The summed E-state index contributed by atoms with van der Waals surface area (Å²) < 4.78 is 5.58. The van der Waals surface area contributed by atoms with E-state index in [0.29, 0.717) is 18.4 Å². The van der Waals surface area contributed by atoms with Crippen molar-refractivity contribution in [2.45, 2.75) is 64.3 Å². The maximum Gasteiger partial charge on any atom is 0.281 e. The Labute approximate surface area is 236 Å². The second kappa shape index (κ2) is 11.7. The van der Waals surface area contributed by atoms with Gasteiger partial charge in [-0.05, 0) is 91.3 Å². The molecule has 0 aromatic heterocycles. The number of hydrazone groups is 1. The quantitative estimate of drug-likeness (QED) is 0.336. The summed E-state index contributed by atoms with van der Waals surface area (Å²) in [5.74, 6) is 1.29. The van der Waals surface area contributed by atoms with Crippen molar-refractivity contribution in [2.24, 2.45) is 16.9 Å². The van der Waals surface area contributed by atoms with Crippen molar-refractivity contribution in [3.8, 4) is 0 Å². The molecule has 3 aromatic carbocycles. The number of ether oxygens (including phenoxy) is 1. The van der Waals surface area contributed by atoms with Crippen LogP contribution in [-0.2, 0) is 27.3 Å². The molecule has 1 N–H and O–H groups in total. The molecule has 0 spiro atoms. The number of hydrogen-bond acceptors (Lipinski definition) is 4. The molecule has 2 aliphatic carbocycles. The van der Waals surface area contributed by atoms with Gasteiger partial charge in [-0.15, -0.1) is 5.10 Å². The molecule has 2 fully saturated rings. The minimum Gasteiger partial charge on any atom is -0.466 e. The molecule has 206 valence electrons. The highest BCUT2D eigenvalue weighted by Crippen LogP contribution is 2.39. The molecule has 6 rings (SSSR count). The number of carbonyl (C=O) groups is 2. The van der Waals surface area contributed by atoms with Gasteiger partial charge < -0.3 is 10.1 Å². The molecule has 2 saturated carbocycles. The lowest BCUT2D eigenvalue weighted by Crippen LogP contribution is -2.36. The number of carbonyl (C=O) groups excluding carboxylic acids is 2. The molecular formula is C34H37N3O3. The fraction of sp³-hybridized carbons (Fsp3) is 0.382. The lowest BCUT2D eigenvalue weighted by atomic mass is 9.83. The maximum absolute atomic E-state index is 13.8. The zero-order valence-electron chi connectivity index (χ0n) is 23.1. The average molecular weight is 536 g/mol. The third-order valence-corrected chi connectivity index (χ3v) is 8.59. The first-order chi connectivity index (χ1) is 19.5. The van der Waals surface area contributed by atoms with Gasteiger partial charge in [0.25, 0.3) is 5.91 Å². The van der Waals surface area contributed by atoms with Crippen LogP contribution in [0.4, 0.5) is 5.69 Å². The molecule has 6 nitrogen and oxygen atoms in total. The number of amides is 2. The monoisotopic (exact) mass is 535 g/mol. The topological polar surface area (TPSA) is 71.0 Å². The summed E-state index contributed by atoms with van der Waals surface area (Å²) in [6.07, 6.45) is 8.21. The van der Waals surface area contributed by atoms with Gasteiger partial charge >= 0.3 is 0 Å². The van der Waals surface area contributed by atoms with Crippen LogP contribution in [0.3, 0.4) is 0 Å². The van der Waals surface area contributed by atoms with Gasteiger partial charge in [0.05, 0.1) is 12.5 Å². The lowest BCUT2D eigenvalue weighted by molar-refractivity contribution is -0.136. The molecule has 40 heavy (non-hydrogen) atoms. The van der Waals surface area contributed by atoms with E-state index in [2.05, 4.69) is 41.6 Å². The van der Waals surface area contributed by atoms with Crippen LogP contribution in [-0.4, -0.2) is 29.3 Å². The molecule has 2 amide bonds. The SMILES string of the molecule is Cc1c(CC2CC2)cccc1NC(=O)[C@H](c1ccc(CN2N=C(c3ccccc3)OCC2=O)cc1)C1CCCC1. The molecule has 1 atom stereocenters. The number of rotatable bonds is 9. The standard InChI is InChI=1S/C34H37N3O3/c1-23-29(20-24-14-15-24)12-7-13-30(23)35-33(39)32(26-8-5-6-9-26)27-18-16-25(17-19-27)21-37-31(38)22-40-34(36-37)28-10-3-2-4-11-28/h2-4,7,10-13,16-19,24,26,32H,5-6,8-9,14-15,20-22H2,1H3,(H,35,39)/t32-/m0/s1. The molecule has 1 aliphatic heterocycles. The molecule has 3 aliphatic rings. The summed E-state index contributed by atoms with van der Waals surface area (Å²) in [4.78, 5) is 26.4. The van der Waals surface area contributed by atoms with E-state index in [-0.39, 0.29) is 24.3 Å². The summed E-state index contributed by atoms with van der Waals surface area (Å²) in [5.41, 5.74) is 6.30. The van der Waals surface area contributed by atoms with E-state index in [9.17, 15) is 9.59 Å². The minimum atomic E-state index is -0.198. The average Bonchev–Trinajstić information content (AvgIpc) is 3.64. The van der Waals surface area contributed by atoms with Crippen LogP contribution in [0.25, 0.3) is 0 Å². The Bertz CT molecular complexity index is 1390. The van der Waals surface area contributed by atoms with Crippen molar-refractivity contribution in [2.75, 3.05) is 11.9 Å². The van der Waals surface area contributed by atoms with Gasteiger partial charge in [0.15, 0.2) is 6.61 Å². The second-order valence-corrected chi connectivity index (χ2v) is 11.5. The predicted octanol–water partition coefficient (Wildman–Crippen LogP) is 6.58. The summed E-state index contributed by atoms with van der Waals surface area (Å²) in [7, 11) is 0. The van der Waals surface area contributed by atoms with Crippen LogP contribution in [0, 0.1) is 18.8 Å². The Kier molecular flexibility index (Phi) is 7.67. The molecule has 0 bridgehead atoms. The highest BCUT2D eigenvalue weighted by atomic mass is 16.5. The van der Waals surface area contributed by atoms with E-state index < -0.39 is 0 Å². The summed E-state index contributed by atoms with van der Waals surface area (Å²) in [5, 5.41) is 9.25. The molecule has 0 radical (unpaired) electrons. The Morgan fingerprint density at radius 3 is 2.45 bits per heavy atom. The highest BCUT2D eigenvalue weighted by molar-refractivity contribution is 5.98. The Morgan fingerprint density at radius 1 is 0.975 bits per heavy atom. The van der Waals surface area contributed by atoms with Crippen molar-refractivity contribution in [3.63, 3.8) is 0 Å². The summed E-state index contributed by atoms with van der Waals surface area (Å²) in [6, 6.07) is 24.1. The number of anilines is 1.